The lowest BCUT2D eigenvalue weighted by atomic mass is 9.90. The normalized spacial score (nSPS) is 18.5. The zero-order valence-electron chi connectivity index (χ0n) is 21.0. The van der Waals surface area contributed by atoms with Gasteiger partial charge in [0, 0.05) is 26.7 Å². The third kappa shape index (κ3) is 6.94. The highest BCUT2D eigenvalue weighted by molar-refractivity contribution is 5.75. The second kappa shape index (κ2) is 10.9. The fourth-order valence-corrected chi connectivity index (χ4v) is 4.90. The standard InChI is InChI=1S/C26H30F7N3O/c1-16-11-21(27)5-6-22(16)23-18(15-34(2)3)8-10-36(23)24(37)35(4)9-7-17-12-19(25(28,29)30)14-20(13-17)26(31,32)33/h5-6,11-14,18,23H,7-10,15H2,1-4H3/t18-,23+/m0/s1. The third-order valence-electron chi connectivity index (χ3n) is 6.63. The second-order valence-electron chi connectivity index (χ2n) is 9.82. The molecular weight excluding hydrogens is 503 g/mol. The molecule has 0 saturated carbocycles. The highest BCUT2D eigenvalue weighted by Gasteiger charge is 2.40. The first-order valence-electron chi connectivity index (χ1n) is 11.8. The lowest BCUT2D eigenvalue weighted by Crippen LogP contribution is -2.43. The smallest absolute Gasteiger partial charge is 0.327 e. The van der Waals surface area contributed by atoms with Gasteiger partial charge < -0.3 is 14.7 Å². The molecule has 0 bridgehead atoms. The van der Waals surface area contributed by atoms with Crippen molar-refractivity contribution >= 4 is 6.03 Å². The third-order valence-corrected chi connectivity index (χ3v) is 6.63. The molecule has 1 saturated heterocycles. The van der Waals surface area contributed by atoms with E-state index in [9.17, 15) is 35.5 Å². The summed E-state index contributed by atoms with van der Waals surface area (Å²) in [5.41, 5.74) is -1.44. The molecule has 3 rings (SSSR count). The molecule has 1 aliphatic rings. The van der Waals surface area contributed by atoms with Crippen molar-refractivity contribution in [2.45, 2.75) is 38.2 Å². The quantitative estimate of drug-likeness (QED) is 0.403. The number of halogens is 7. The summed E-state index contributed by atoms with van der Waals surface area (Å²) in [5.74, 6) is -0.327. The number of nitrogens with zero attached hydrogens (tertiary/aromatic N) is 3. The summed E-state index contributed by atoms with van der Waals surface area (Å²) in [4.78, 5) is 18.4. The average molecular weight is 534 g/mol. The van der Waals surface area contributed by atoms with E-state index in [0.29, 0.717) is 37.2 Å². The minimum absolute atomic E-state index is 0.0642. The van der Waals surface area contributed by atoms with Crippen LogP contribution in [0.4, 0.5) is 35.5 Å². The Labute approximate surface area is 211 Å². The highest BCUT2D eigenvalue weighted by atomic mass is 19.4. The number of likely N-dealkylation sites (N-methyl/N-ethyl adjacent to an activating group) is 1. The van der Waals surface area contributed by atoms with E-state index < -0.39 is 35.3 Å². The molecule has 0 aromatic heterocycles. The average Bonchev–Trinajstić information content (AvgIpc) is 3.18. The molecule has 2 aromatic rings. The maximum Gasteiger partial charge on any atom is 0.416 e. The molecule has 2 atom stereocenters. The zero-order chi connectivity index (χ0) is 27.7. The molecule has 0 spiro atoms. The number of likely N-dealkylation sites (tertiary alicyclic amines) is 1. The van der Waals surface area contributed by atoms with Crippen molar-refractivity contribution in [1.29, 1.82) is 0 Å². The predicted molar refractivity (Wildman–Crippen MR) is 125 cm³/mol. The van der Waals surface area contributed by atoms with Gasteiger partial charge in [-0.1, -0.05) is 6.07 Å². The van der Waals surface area contributed by atoms with Gasteiger partial charge in [0.2, 0.25) is 0 Å². The first-order valence-corrected chi connectivity index (χ1v) is 11.8. The number of urea groups is 1. The number of amides is 2. The number of alkyl halides is 6. The Morgan fingerprint density at radius 1 is 0.973 bits per heavy atom. The van der Waals surface area contributed by atoms with Crippen molar-refractivity contribution in [3.8, 4) is 0 Å². The van der Waals surface area contributed by atoms with Crippen molar-refractivity contribution in [3.05, 3.63) is 70.0 Å². The fourth-order valence-electron chi connectivity index (χ4n) is 4.90. The van der Waals surface area contributed by atoms with E-state index in [0.717, 1.165) is 5.56 Å². The Morgan fingerprint density at radius 2 is 1.57 bits per heavy atom. The maximum absolute atomic E-state index is 13.8. The number of rotatable bonds is 6. The second-order valence-corrected chi connectivity index (χ2v) is 9.82. The SMILES string of the molecule is Cc1cc(F)ccc1[C@H]1[C@H](CN(C)C)CCN1C(=O)N(C)CCc1cc(C(F)(F)F)cc(C(F)(F)F)c1. The molecule has 0 N–H and O–H groups in total. The van der Waals surface area contributed by atoms with E-state index >= 15 is 0 Å². The van der Waals surface area contributed by atoms with Gasteiger partial charge in [0.15, 0.2) is 0 Å². The van der Waals surface area contributed by atoms with Crippen molar-refractivity contribution < 1.29 is 35.5 Å². The summed E-state index contributed by atoms with van der Waals surface area (Å²) >= 11 is 0. The van der Waals surface area contributed by atoms with Crippen LogP contribution in [0, 0.1) is 18.7 Å². The van der Waals surface area contributed by atoms with Crippen molar-refractivity contribution in [2.24, 2.45) is 5.92 Å². The van der Waals surface area contributed by atoms with E-state index in [1.165, 1.54) is 24.1 Å². The van der Waals surface area contributed by atoms with Gasteiger partial charge in [-0.05, 0) is 86.8 Å². The van der Waals surface area contributed by atoms with Gasteiger partial charge in [-0.3, -0.25) is 0 Å². The monoisotopic (exact) mass is 533 g/mol. The van der Waals surface area contributed by atoms with Crippen molar-refractivity contribution in [2.75, 3.05) is 40.8 Å². The van der Waals surface area contributed by atoms with Crippen LogP contribution in [-0.2, 0) is 18.8 Å². The van der Waals surface area contributed by atoms with E-state index in [-0.39, 0.29) is 36.6 Å². The molecule has 0 aliphatic carbocycles. The number of carbonyl (C=O) groups is 1. The molecule has 1 fully saturated rings. The van der Waals surface area contributed by atoms with Gasteiger partial charge in [-0.25, -0.2) is 9.18 Å². The summed E-state index contributed by atoms with van der Waals surface area (Å²) in [6.07, 6.45) is -9.36. The van der Waals surface area contributed by atoms with Crippen LogP contribution < -0.4 is 0 Å². The molecule has 4 nitrogen and oxygen atoms in total. The van der Waals surface area contributed by atoms with Crippen LogP contribution in [0.5, 0.6) is 0 Å². The topological polar surface area (TPSA) is 26.8 Å². The Balaban J connectivity index is 1.82. The summed E-state index contributed by atoms with van der Waals surface area (Å²) in [6, 6.07) is 5.11. The van der Waals surface area contributed by atoms with Gasteiger partial charge in [0.25, 0.3) is 0 Å². The van der Waals surface area contributed by atoms with Gasteiger partial charge >= 0.3 is 18.4 Å². The van der Waals surface area contributed by atoms with Crippen LogP contribution >= 0.6 is 0 Å². The van der Waals surface area contributed by atoms with Gasteiger partial charge in [-0.2, -0.15) is 26.3 Å². The lowest BCUT2D eigenvalue weighted by molar-refractivity contribution is -0.143. The van der Waals surface area contributed by atoms with Gasteiger partial charge in [0.1, 0.15) is 5.82 Å². The van der Waals surface area contributed by atoms with E-state index in [1.54, 1.807) is 17.9 Å². The number of hydrogen-bond acceptors (Lipinski definition) is 2. The van der Waals surface area contributed by atoms with Crippen LogP contribution in [0.2, 0.25) is 0 Å². The van der Waals surface area contributed by atoms with E-state index in [2.05, 4.69) is 0 Å². The first kappa shape index (κ1) is 28.7. The Morgan fingerprint density at radius 3 is 2.08 bits per heavy atom. The number of carbonyl (C=O) groups excluding carboxylic acids is 1. The fraction of sp³-hybridized carbons (Fsp3) is 0.500. The molecule has 1 aliphatic heterocycles. The van der Waals surface area contributed by atoms with Crippen molar-refractivity contribution in [1.82, 2.24) is 14.7 Å². The summed E-state index contributed by atoms with van der Waals surface area (Å²) in [7, 11) is 5.29. The van der Waals surface area contributed by atoms with Gasteiger partial charge in [-0.15, -0.1) is 0 Å². The van der Waals surface area contributed by atoms with Gasteiger partial charge in [0.05, 0.1) is 17.2 Å². The summed E-state index contributed by atoms with van der Waals surface area (Å²) < 4.78 is 92.9. The number of benzene rings is 2. The molecule has 0 unspecified atom stereocenters. The minimum atomic E-state index is -4.94. The lowest BCUT2D eigenvalue weighted by Gasteiger charge is -2.34. The zero-order valence-corrected chi connectivity index (χ0v) is 21.0. The molecule has 37 heavy (non-hydrogen) atoms. The van der Waals surface area contributed by atoms with Crippen LogP contribution in [0.25, 0.3) is 0 Å². The van der Waals surface area contributed by atoms with Crippen LogP contribution in [0.1, 0.15) is 40.3 Å². The Kier molecular flexibility index (Phi) is 8.46. The number of hydrogen-bond donors (Lipinski definition) is 0. The highest BCUT2D eigenvalue weighted by Crippen LogP contribution is 2.40. The van der Waals surface area contributed by atoms with Crippen LogP contribution in [0.15, 0.2) is 36.4 Å². The predicted octanol–water partition coefficient (Wildman–Crippen LogP) is 6.39. The number of aryl methyl sites for hydroxylation is 1. The maximum atomic E-state index is 13.8. The van der Waals surface area contributed by atoms with Crippen LogP contribution in [-0.4, -0.2) is 61.5 Å². The minimum Gasteiger partial charge on any atom is -0.327 e. The van der Waals surface area contributed by atoms with E-state index in [4.69, 9.17) is 0 Å². The Hall–Kier alpha value is -2.82. The molecule has 11 heteroatoms. The van der Waals surface area contributed by atoms with Crippen LogP contribution in [0.3, 0.4) is 0 Å². The molecule has 1 heterocycles. The molecule has 2 aromatic carbocycles. The largest absolute Gasteiger partial charge is 0.416 e. The summed E-state index contributed by atoms with van der Waals surface area (Å²) in [5, 5.41) is 0. The van der Waals surface area contributed by atoms with E-state index in [1.807, 2.05) is 19.0 Å². The molecule has 2 amide bonds. The summed E-state index contributed by atoms with van der Waals surface area (Å²) in [6.45, 7) is 2.79. The molecular formula is C26H30F7N3O. The molecule has 0 radical (unpaired) electrons. The van der Waals surface area contributed by atoms with Crippen molar-refractivity contribution in [3.63, 3.8) is 0 Å². The molecule has 204 valence electrons. The Bertz CT molecular complexity index is 1080. The first-order chi connectivity index (χ1) is 17.1.